The molecule has 1 aromatic heterocycles. The fraction of sp³-hybridized carbons (Fsp3) is 0.692. The van der Waals surface area contributed by atoms with Gasteiger partial charge in [-0.25, -0.2) is 9.97 Å². The van der Waals surface area contributed by atoms with Crippen molar-refractivity contribution in [2.45, 2.75) is 33.6 Å². The van der Waals surface area contributed by atoms with Crippen molar-refractivity contribution in [1.29, 1.82) is 0 Å². The number of hydrogen-bond donors (Lipinski definition) is 1. The van der Waals surface area contributed by atoms with Gasteiger partial charge in [-0.05, 0) is 34.4 Å². The summed E-state index contributed by atoms with van der Waals surface area (Å²) in [5.41, 5.74) is 2.34. The molecule has 96 valence electrons. The maximum absolute atomic E-state index is 4.63. The predicted molar refractivity (Wildman–Crippen MR) is 72.6 cm³/mol. The quantitative estimate of drug-likeness (QED) is 0.819. The van der Waals surface area contributed by atoms with Gasteiger partial charge in [-0.3, -0.25) is 0 Å². The largest absolute Gasteiger partial charge is 0.370 e. The minimum atomic E-state index is 0.897. The van der Waals surface area contributed by atoms with Crippen LogP contribution in [-0.2, 0) is 12.8 Å². The summed E-state index contributed by atoms with van der Waals surface area (Å²) in [6.45, 7) is 8.20. The van der Waals surface area contributed by atoms with E-state index >= 15 is 0 Å². The molecule has 0 aromatic carbocycles. The first-order valence-electron chi connectivity index (χ1n) is 6.33. The Morgan fingerprint density at radius 2 is 1.88 bits per heavy atom. The molecule has 0 amide bonds. The van der Waals surface area contributed by atoms with Crippen molar-refractivity contribution in [3.05, 3.63) is 17.1 Å². The van der Waals surface area contributed by atoms with Gasteiger partial charge >= 0.3 is 0 Å². The third-order valence-corrected chi connectivity index (χ3v) is 2.75. The normalized spacial score (nSPS) is 10.9. The Morgan fingerprint density at radius 3 is 2.41 bits per heavy atom. The summed E-state index contributed by atoms with van der Waals surface area (Å²) in [5, 5.41) is 3.31. The van der Waals surface area contributed by atoms with Gasteiger partial charge in [-0.1, -0.05) is 6.92 Å². The monoisotopic (exact) mass is 236 g/mol. The number of anilines is 1. The van der Waals surface area contributed by atoms with Crippen LogP contribution in [0.25, 0.3) is 0 Å². The smallest absolute Gasteiger partial charge is 0.132 e. The Kier molecular flexibility index (Phi) is 5.35. The fourth-order valence-corrected chi connectivity index (χ4v) is 1.73. The molecule has 0 aliphatic heterocycles. The number of nitrogens with one attached hydrogen (secondary N) is 1. The molecule has 0 saturated heterocycles. The van der Waals surface area contributed by atoms with Crippen molar-refractivity contribution in [2.24, 2.45) is 0 Å². The molecule has 1 heterocycles. The van der Waals surface area contributed by atoms with Gasteiger partial charge in [0.2, 0.25) is 0 Å². The number of rotatable bonds is 6. The molecule has 0 saturated carbocycles. The Hall–Kier alpha value is -1.16. The van der Waals surface area contributed by atoms with Crippen LogP contribution in [0.15, 0.2) is 0 Å². The zero-order valence-corrected chi connectivity index (χ0v) is 11.7. The second-order valence-electron chi connectivity index (χ2n) is 4.50. The predicted octanol–water partition coefficient (Wildman–Crippen LogP) is 1.88. The van der Waals surface area contributed by atoms with Gasteiger partial charge in [-0.15, -0.1) is 0 Å². The van der Waals surface area contributed by atoms with E-state index in [1.54, 1.807) is 0 Å². The molecule has 17 heavy (non-hydrogen) atoms. The van der Waals surface area contributed by atoms with Crippen LogP contribution in [0.4, 0.5) is 5.82 Å². The summed E-state index contributed by atoms with van der Waals surface area (Å²) < 4.78 is 0. The summed E-state index contributed by atoms with van der Waals surface area (Å²) in [5.74, 6) is 1.94. The Balaban J connectivity index is 2.94. The molecule has 0 aliphatic carbocycles. The lowest BCUT2D eigenvalue weighted by molar-refractivity contribution is 0.409. The number of aromatic nitrogens is 2. The van der Waals surface area contributed by atoms with E-state index in [9.17, 15) is 0 Å². The van der Waals surface area contributed by atoms with Gasteiger partial charge in [-0.2, -0.15) is 0 Å². The summed E-state index contributed by atoms with van der Waals surface area (Å²) in [6, 6.07) is 0. The van der Waals surface area contributed by atoms with Crippen LogP contribution >= 0.6 is 0 Å². The maximum Gasteiger partial charge on any atom is 0.132 e. The first-order valence-corrected chi connectivity index (χ1v) is 6.33. The van der Waals surface area contributed by atoms with E-state index in [0.717, 1.165) is 43.3 Å². The van der Waals surface area contributed by atoms with E-state index in [1.165, 1.54) is 5.56 Å². The fourth-order valence-electron chi connectivity index (χ4n) is 1.73. The second-order valence-corrected chi connectivity index (χ2v) is 4.50. The van der Waals surface area contributed by atoms with E-state index in [-0.39, 0.29) is 0 Å². The van der Waals surface area contributed by atoms with Crippen LogP contribution in [0.3, 0.4) is 0 Å². The topological polar surface area (TPSA) is 41.1 Å². The third kappa shape index (κ3) is 3.97. The van der Waals surface area contributed by atoms with Gasteiger partial charge in [0.15, 0.2) is 0 Å². The van der Waals surface area contributed by atoms with Gasteiger partial charge in [0.25, 0.3) is 0 Å². The minimum absolute atomic E-state index is 0.897. The number of nitrogens with zero attached hydrogens (tertiary/aromatic N) is 3. The van der Waals surface area contributed by atoms with E-state index < -0.39 is 0 Å². The van der Waals surface area contributed by atoms with Crippen molar-refractivity contribution in [1.82, 2.24) is 14.9 Å². The average Bonchev–Trinajstić information content (AvgIpc) is 2.30. The van der Waals surface area contributed by atoms with Crippen molar-refractivity contribution >= 4 is 5.82 Å². The van der Waals surface area contributed by atoms with Crippen LogP contribution in [0.1, 0.15) is 30.9 Å². The van der Waals surface area contributed by atoms with Crippen molar-refractivity contribution in [3.63, 3.8) is 0 Å². The zero-order valence-electron chi connectivity index (χ0n) is 11.7. The molecule has 1 rings (SSSR count). The SMILES string of the molecule is CCNc1nc(CCN(C)C)nc(CC)c1C. The molecule has 4 nitrogen and oxygen atoms in total. The van der Waals surface area contributed by atoms with E-state index in [4.69, 9.17) is 0 Å². The zero-order chi connectivity index (χ0) is 12.8. The molecule has 0 radical (unpaired) electrons. The van der Waals surface area contributed by atoms with Gasteiger partial charge < -0.3 is 10.2 Å². The molecule has 0 fully saturated rings. The lowest BCUT2D eigenvalue weighted by Crippen LogP contribution is -2.18. The Morgan fingerprint density at radius 1 is 1.18 bits per heavy atom. The molecule has 0 unspecified atom stereocenters. The van der Waals surface area contributed by atoms with Crippen molar-refractivity contribution < 1.29 is 0 Å². The molecule has 4 heteroatoms. The second kappa shape index (κ2) is 6.55. The highest BCUT2D eigenvalue weighted by Crippen LogP contribution is 2.16. The molecule has 1 aromatic rings. The van der Waals surface area contributed by atoms with Crippen LogP contribution in [0.5, 0.6) is 0 Å². The lowest BCUT2D eigenvalue weighted by atomic mass is 10.2. The summed E-state index contributed by atoms with van der Waals surface area (Å²) in [6.07, 6.45) is 1.86. The van der Waals surface area contributed by atoms with Gasteiger partial charge in [0.05, 0.1) is 0 Å². The standard InChI is InChI=1S/C13H24N4/c1-6-11-10(3)13(14-7-2)16-12(15-11)8-9-17(4)5/h6-9H2,1-5H3,(H,14,15,16). The first-order chi connectivity index (χ1) is 8.08. The molecule has 0 bridgehead atoms. The highest BCUT2D eigenvalue weighted by Gasteiger charge is 2.09. The molecular formula is C13H24N4. The van der Waals surface area contributed by atoms with E-state index in [1.807, 2.05) is 0 Å². The van der Waals surface area contributed by atoms with Crippen LogP contribution < -0.4 is 5.32 Å². The minimum Gasteiger partial charge on any atom is -0.370 e. The summed E-state index contributed by atoms with van der Waals surface area (Å²) in [7, 11) is 4.14. The van der Waals surface area contributed by atoms with Gasteiger partial charge in [0, 0.05) is 30.8 Å². The molecule has 0 spiro atoms. The molecule has 0 aliphatic rings. The maximum atomic E-state index is 4.63. The molecule has 0 atom stereocenters. The summed E-state index contributed by atoms with van der Waals surface area (Å²) in [4.78, 5) is 11.4. The summed E-state index contributed by atoms with van der Waals surface area (Å²) >= 11 is 0. The van der Waals surface area contributed by atoms with Crippen LogP contribution in [-0.4, -0.2) is 42.1 Å². The molecular weight excluding hydrogens is 212 g/mol. The molecule has 1 N–H and O–H groups in total. The van der Waals surface area contributed by atoms with Crippen LogP contribution in [0.2, 0.25) is 0 Å². The number of aryl methyl sites for hydroxylation is 1. The van der Waals surface area contributed by atoms with E-state index in [0.29, 0.717) is 0 Å². The van der Waals surface area contributed by atoms with Crippen molar-refractivity contribution in [3.8, 4) is 0 Å². The third-order valence-electron chi connectivity index (χ3n) is 2.75. The van der Waals surface area contributed by atoms with Crippen molar-refractivity contribution in [2.75, 3.05) is 32.5 Å². The van der Waals surface area contributed by atoms with Gasteiger partial charge in [0.1, 0.15) is 11.6 Å². The lowest BCUT2D eigenvalue weighted by Gasteiger charge is -2.13. The first kappa shape index (κ1) is 13.9. The average molecular weight is 236 g/mol. The Labute approximate surface area is 104 Å². The number of hydrogen-bond acceptors (Lipinski definition) is 4. The Bertz CT molecular complexity index is 361. The van der Waals surface area contributed by atoms with E-state index in [2.05, 4.69) is 55.1 Å². The van der Waals surface area contributed by atoms with Crippen LogP contribution in [0, 0.1) is 6.92 Å². The highest BCUT2D eigenvalue weighted by atomic mass is 15.1. The number of likely N-dealkylation sites (N-methyl/N-ethyl adjacent to an activating group) is 1. The highest BCUT2D eigenvalue weighted by molar-refractivity contribution is 5.45.